The minimum Gasteiger partial charge on any atom is -0.317 e. The number of hydrogen-bond acceptors (Lipinski definition) is 1. The highest BCUT2D eigenvalue weighted by molar-refractivity contribution is 5.63. The Morgan fingerprint density at radius 1 is 0.895 bits per heavy atom. The van der Waals surface area contributed by atoms with Gasteiger partial charge in [-0.2, -0.15) is 0 Å². The van der Waals surface area contributed by atoms with Crippen molar-refractivity contribution in [3.8, 4) is 11.1 Å². The molecule has 100 valence electrons. The molecule has 0 radical (unpaired) electrons. The van der Waals surface area contributed by atoms with Gasteiger partial charge < -0.3 is 5.32 Å². The maximum atomic E-state index is 3.39. The third kappa shape index (κ3) is 3.93. The molecule has 0 aromatic heterocycles. The zero-order chi connectivity index (χ0) is 13.5. The molecule has 2 aromatic carbocycles. The van der Waals surface area contributed by atoms with E-state index in [1.165, 1.54) is 23.1 Å². The van der Waals surface area contributed by atoms with Crippen LogP contribution in [-0.4, -0.2) is 13.1 Å². The van der Waals surface area contributed by atoms with Gasteiger partial charge in [0, 0.05) is 0 Å². The molecule has 0 amide bonds. The summed E-state index contributed by atoms with van der Waals surface area (Å²) in [6.07, 6.45) is 1.19. The fraction of sp³-hybridized carbons (Fsp3) is 0.333. The van der Waals surface area contributed by atoms with Crippen LogP contribution < -0.4 is 5.32 Å². The largest absolute Gasteiger partial charge is 0.317 e. The second kappa shape index (κ2) is 7.10. The third-order valence-electron chi connectivity index (χ3n) is 3.59. The molecular formula is C18H23N. The molecule has 0 saturated heterocycles. The van der Waals surface area contributed by atoms with Crippen LogP contribution in [0.5, 0.6) is 0 Å². The van der Waals surface area contributed by atoms with Crippen molar-refractivity contribution in [3.05, 3.63) is 60.2 Å². The van der Waals surface area contributed by atoms with Crippen molar-refractivity contribution in [2.24, 2.45) is 0 Å². The van der Waals surface area contributed by atoms with E-state index in [1.54, 1.807) is 0 Å². The smallest absolute Gasteiger partial charge is 0.00433 e. The van der Waals surface area contributed by atoms with E-state index in [2.05, 4.69) is 73.8 Å². The van der Waals surface area contributed by atoms with Crippen LogP contribution in [0.1, 0.15) is 31.7 Å². The van der Waals surface area contributed by atoms with Crippen LogP contribution in [0.3, 0.4) is 0 Å². The molecule has 0 spiro atoms. The zero-order valence-electron chi connectivity index (χ0n) is 11.9. The average Bonchev–Trinajstić information content (AvgIpc) is 2.48. The minimum atomic E-state index is 0.615. The normalized spacial score (nSPS) is 12.3. The summed E-state index contributed by atoms with van der Waals surface area (Å²) in [4.78, 5) is 0. The third-order valence-corrected chi connectivity index (χ3v) is 3.59. The summed E-state index contributed by atoms with van der Waals surface area (Å²) in [5.41, 5.74) is 4.01. The lowest BCUT2D eigenvalue weighted by atomic mass is 9.95. The minimum absolute atomic E-state index is 0.615. The molecule has 2 rings (SSSR count). The predicted octanol–water partition coefficient (Wildman–Crippen LogP) is 4.46. The van der Waals surface area contributed by atoms with Gasteiger partial charge in [0.1, 0.15) is 0 Å². The molecule has 0 bridgehead atoms. The molecule has 0 aliphatic rings. The molecule has 1 nitrogen and oxygen atoms in total. The molecule has 19 heavy (non-hydrogen) atoms. The molecule has 0 saturated carbocycles. The summed E-state index contributed by atoms with van der Waals surface area (Å²) in [5.74, 6) is 0.615. The van der Waals surface area contributed by atoms with E-state index < -0.39 is 0 Å². The lowest BCUT2D eigenvalue weighted by Gasteiger charge is -2.13. The van der Waals surface area contributed by atoms with Gasteiger partial charge >= 0.3 is 0 Å². The Labute approximate surface area is 116 Å². The number of benzene rings is 2. The standard InChI is InChI=1S/C18H23N/c1-3-19-14-13-15(2)16-9-11-18(12-10-16)17-7-5-4-6-8-17/h4-12,15,19H,3,13-14H2,1-2H3. The molecule has 1 atom stereocenters. The Balaban J connectivity index is 2.02. The molecule has 0 aliphatic heterocycles. The van der Waals surface area contributed by atoms with Crippen LogP contribution in [0, 0.1) is 0 Å². The lowest BCUT2D eigenvalue weighted by molar-refractivity contribution is 0.609. The molecule has 1 unspecified atom stereocenters. The van der Waals surface area contributed by atoms with Crippen LogP contribution in [0.4, 0.5) is 0 Å². The molecule has 0 heterocycles. The fourth-order valence-corrected chi connectivity index (χ4v) is 2.30. The van der Waals surface area contributed by atoms with Gasteiger partial charge in [-0.25, -0.2) is 0 Å². The van der Waals surface area contributed by atoms with Crippen molar-refractivity contribution >= 4 is 0 Å². The first-order chi connectivity index (χ1) is 9.31. The SMILES string of the molecule is CCNCCC(C)c1ccc(-c2ccccc2)cc1. The van der Waals surface area contributed by atoms with Crippen LogP contribution in [-0.2, 0) is 0 Å². The summed E-state index contributed by atoms with van der Waals surface area (Å²) < 4.78 is 0. The van der Waals surface area contributed by atoms with Gasteiger partial charge in [-0.05, 0) is 42.1 Å². The fourth-order valence-electron chi connectivity index (χ4n) is 2.30. The maximum Gasteiger partial charge on any atom is -0.00433 e. The maximum absolute atomic E-state index is 3.39. The monoisotopic (exact) mass is 253 g/mol. The topological polar surface area (TPSA) is 12.0 Å². The van der Waals surface area contributed by atoms with E-state index in [1.807, 2.05) is 0 Å². The number of hydrogen-bond donors (Lipinski definition) is 1. The van der Waals surface area contributed by atoms with E-state index >= 15 is 0 Å². The van der Waals surface area contributed by atoms with Crippen molar-refractivity contribution in [2.75, 3.05) is 13.1 Å². The van der Waals surface area contributed by atoms with Gasteiger partial charge in [0.25, 0.3) is 0 Å². The van der Waals surface area contributed by atoms with Gasteiger partial charge in [0.15, 0.2) is 0 Å². The van der Waals surface area contributed by atoms with Crippen LogP contribution >= 0.6 is 0 Å². The van der Waals surface area contributed by atoms with Gasteiger partial charge in [0.2, 0.25) is 0 Å². The van der Waals surface area contributed by atoms with E-state index in [0.29, 0.717) is 5.92 Å². The lowest BCUT2D eigenvalue weighted by Crippen LogP contribution is -2.15. The number of nitrogens with one attached hydrogen (secondary N) is 1. The van der Waals surface area contributed by atoms with Crippen LogP contribution in [0.2, 0.25) is 0 Å². The van der Waals surface area contributed by atoms with Crippen molar-refractivity contribution < 1.29 is 0 Å². The summed E-state index contributed by atoms with van der Waals surface area (Å²) in [5, 5.41) is 3.39. The first-order valence-corrected chi connectivity index (χ1v) is 7.17. The highest BCUT2D eigenvalue weighted by Crippen LogP contribution is 2.23. The van der Waals surface area contributed by atoms with Gasteiger partial charge in [-0.1, -0.05) is 68.4 Å². The van der Waals surface area contributed by atoms with Crippen molar-refractivity contribution in [3.63, 3.8) is 0 Å². The highest BCUT2D eigenvalue weighted by Gasteiger charge is 2.05. The highest BCUT2D eigenvalue weighted by atomic mass is 14.8. The Morgan fingerprint density at radius 3 is 2.16 bits per heavy atom. The van der Waals surface area contributed by atoms with Crippen molar-refractivity contribution in [2.45, 2.75) is 26.2 Å². The molecule has 0 aliphatic carbocycles. The zero-order valence-corrected chi connectivity index (χ0v) is 11.9. The first kappa shape index (κ1) is 13.8. The van der Waals surface area contributed by atoms with Crippen LogP contribution in [0.25, 0.3) is 11.1 Å². The summed E-state index contributed by atoms with van der Waals surface area (Å²) in [6.45, 7) is 6.60. The summed E-state index contributed by atoms with van der Waals surface area (Å²) in [7, 11) is 0. The second-order valence-corrected chi connectivity index (χ2v) is 5.03. The van der Waals surface area contributed by atoms with Gasteiger partial charge in [-0.15, -0.1) is 0 Å². The van der Waals surface area contributed by atoms with Gasteiger partial charge in [0.05, 0.1) is 0 Å². The summed E-state index contributed by atoms with van der Waals surface area (Å²) >= 11 is 0. The molecule has 0 fully saturated rings. The Morgan fingerprint density at radius 2 is 1.53 bits per heavy atom. The number of rotatable bonds is 6. The Hall–Kier alpha value is -1.60. The Bertz CT molecular complexity index is 473. The summed E-state index contributed by atoms with van der Waals surface area (Å²) in [6, 6.07) is 19.5. The molecule has 1 heteroatoms. The molecule has 2 aromatic rings. The van der Waals surface area contributed by atoms with E-state index in [0.717, 1.165) is 13.1 Å². The Kier molecular flexibility index (Phi) is 5.17. The van der Waals surface area contributed by atoms with E-state index in [9.17, 15) is 0 Å². The van der Waals surface area contributed by atoms with E-state index in [-0.39, 0.29) is 0 Å². The quantitative estimate of drug-likeness (QED) is 0.750. The van der Waals surface area contributed by atoms with Gasteiger partial charge in [-0.3, -0.25) is 0 Å². The van der Waals surface area contributed by atoms with Crippen LogP contribution in [0.15, 0.2) is 54.6 Å². The second-order valence-electron chi connectivity index (χ2n) is 5.03. The predicted molar refractivity (Wildman–Crippen MR) is 83.5 cm³/mol. The first-order valence-electron chi connectivity index (χ1n) is 7.17. The molecule has 1 N–H and O–H groups in total. The van der Waals surface area contributed by atoms with Crippen molar-refractivity contribution in [1.82, 2.24) is 5.32 Å². The van der Waals surface area contributed by atoms with Crippen molar-refractivity contribution in [1.29, 1.82) is 0 Å². The average molecular weight is 253 g/mol. The molecular weight excluding hydrogens is 230 g/mol. The van der Waals surface area contributed by atoms with E-state index in [4.69, 9.17) is 0 Å².